The monoisotopic (exact) mass is 436 g/mol. The normalized spacial score (nSPS) is 11.1. The highest BCUT2D eigenvalue weighted by Gasteiger charge is 2.22. The molecule has 0 saturated carbocycles. The molecule has 0 bridgehead atoms. The zero-order valence-electron chi connectivity index (χ0n) is 16.8. The van der Waals surface area contributed by atoms with Crippen molar-refractivity contribution in [1.82, 2.24) is 30.7 Å². The van der Waals surface area contributed by atoms with Crippen LogP contribution >= 0.6 is 0 Å². The van der Waals surface area contributed by atoms with Gasteiger partial charge >= 0.3 is 0 Å². The smallest absolute Gasteiger partial charge is 0.292 e. The molecule has 0 spiro atoms. The van der Waals surface area contributed by atoms with Crippen LogP contribution in [0.5, 0.6) is 5.75 Å². The number of rotatable bonds is 7. The number of anilines is 1. The van der Waals surface area contributed by atoms with Crippen molar-refractivity contribution in [3.05, 3.63) is 76.9 Å². The molecule has 4 rings (SSSR count). The van der Waals surface area contributed by atoms with Gasteiger partial charge in [0.05, 0.1) is 11.9 Å². The Morgan fingerprint density at radius 2 is 2.03 bits per heavy atom. The van der Waals surface area contributed by atoms with Crippen molar-refractivity contribution in [2.75, 3.05) is 5.73 Å². The van der Waals surface area contributed by atoms with E-state index in [4.69, 9.17) is 10.5 Å². The molecule has 2 aromatic heterocycles. The lowest BCUT2D eigenvalue weighted by atomic mass is 10.2. The molecule has 3 N–H and O–H groups in total. The van der Waals surface area contributed by atoms with Gasteiger partial charge in [-0.05, 0) is 53.1 Å². The highest BCUT2D eigenvalue weighted by atomic mass is 19.1. The van der Waals surface area contributed by atoms with Crippen LogP contribution < -0.4 is 15.9 Å². The quantitative estimate of drug-likeness (QED) is 0.330. The zero-order valence-corrected chi connectivity index (χ0v) is 16.8. The number of nitrogens with one attached hydrogen (secondary N) is 1. The summed E-state index contributed by atoms with van der Waals surface area (Å²) in [5.41, 5.74) is 9.66. The van der Waals surface area contributed by atoms with Gasteiger partial charge < -0.3 is 10.5 Å². The molecule has 1 amide bonds. The summed E-state index contributed by atoms with van der Waals surface area (Å²) in [6.45, 7) is 1.72. The largest absolute Gasteiger partial charge is 0.489 e. The lowest BCUT2D eigenvalue weighted by Gasteiger charge is -2.07. The summed E-state index contributed by atoms with van der Waals surface area (Å²) in [4.78, 5) is 12.5. The van der Waals surface area contributed by atoms with Crippen LogP contribution in [0.1, 0.15) is 27.3 Å². The first-order valence-corrected chi connectivity index (χ1v) is 9.33. The number of halogens is 1. The van der Waals surface area contributed by atoms with Gasteiger partial charge in [-0.15, -0.1) is 5.10 Å². The van der Waals surface area contributed by atoms with Crippen molar-refractivity contribution in [3.8, 4) is 11.6 Å². The lowest BCUT2D eigenvalue weighted by Crippen LogP contribution is -2.22. The van der Waals surface area contributed by atoms with E-state index < -0.39 is 5.91 Å². The van der Waals surface area contributed by atoms with Crippen LogP contribution in [0.4, 0.5) is 10.2 Å². The van der Waals surface area contributed by atoms with Crippen molar-refractivity contribution in [2.45, 2.75) is 13.5 Å². The Balaban J connectivity index is 1.37. The Morgan fingerprint density at radius 3 is 2.75 bits per heavy atom. The van der Waals surface area contributed by atoms with Crippen LogP contribution in [0.2, 0.25) is 0 Å². The molecule has 0 unspecified atom stereocenters. The van der Waals surface area contributed by atoms with Crippen molar-refractivity contribution < 1.29 is 18.6 Å². The van der Waals surface area contributed by atoms with E-state index >= 15 is 0 Å². The highest BCUT2D eigenvalue weighted by molar-refractivity contribution is 5.94. The van der Waals surface area contributed by atoms with Gasteiger partial charge in [-0.3, -0.25) is 4.79 Å². The molecule has 0 aliphatic heterocycles. The fourth-order valence-electron chi connectivity index (χ4n) is 2.75. The molecule has 162 valence electrons. The maximum atomic E-state index is 13.7. The first-order chi connectivity index (χ1) is 15.5. The predicted molar refractivity (Wildman–Crippen MR) is 111 cm³/mol. The second-order valence-corrected chi connectivity index (χ2v) is 6.56. The van der Waals surface area contributed by atoms with Crippen molar-refractivity contribution in [1.29, 1.82) is 0 Å². The minimum absolute atomic E-state index is 0.0373. The molecular formula is C20H17FN8O3. The van der Waals surface area contributed by atoms with Gasteiger partial charge in [-0.1, -0.05) is 23.4 Å². The van der Waals surface area contributed by atoms with Gasteiger partial charge in [0.2, 0.25) is 11.6 Å². The number of hydrogen-bond donors (Lipinski definition) is 2. The topological polar surface area (TPSA) is 146 Å². The molecule has 0 aliphatic carbocycles. The molecule has 2 aromatic carbocycles. The maximum Gasteiger partial charge on any atom is 0.292 e. The number of benzene rings is 2. The first-order valence-electron chi connectivity index (χ1n) is 9.33. The summed E-state index contributed by atoms with van der Waals surface area (Å²) >= 11 is 0. The standard InChI is InChI=1S/C20H17FN8O3/c1-12-17(29(28-24-12)19-18(22)26-32-27-19)20(30)25-23-10-13-6-8-15(9-7-13)31-11-14-4-2-3-5-16(14)21/h2-10H,11H2,1H3,(H2,22,26)(H,25,30)/b23-10-. The van der Waals surface area contributed by atoms with Crippen LogP contribution in [0.15, 0.2) is 58.3 Å². The van der Waals surface area contributed by atoms with Crippen LogP contribution in [-0.4, -0.2) is 37.4 Å². The number of hydrogen-bond acceptors (Lipinski definition) is 9. The van der Waals surface area contributed by atoms with Crippen LogP contribution in [0, 0.1) is 12.7 Å². The number of carbonyl (C=O) groups is 1. The molecule has 11 nitrogen and oxygen atoms in total. The van der Waals surface area contributed by atoms with Gasteiger partial charge in [-0.25, -0.2) is 14.4 Å². The molecular weight excluding hydrogens is 419 g/mol. The van der Waals surface area contributed by atoms with E-state index in [0.717, 1.165) is 4.68 Å². The van der Waals surface area contributed by atoms with E-state index in [9.17, 15) is 9.18 Å². The fourth-order valence-corrected chi connectivity index (χ4v) is 2.75. The number of hydrazone groups is 1. The molecule has 2 heterocycles. The first kappa shape index (κ1) is 20.7. The van der Waals surface area contributed by atoms with Crippen LogP contribution in [0.3, 0.4) is 0 Å². The minimum Gasteiger partial charge on any atom is -0.489 e. The fraction of sp³-hybridized carbons (Fsp3) is 0.100. The summed E-state index contributed by atoms with van der Waals surface area (Å²) in [6, 6.07) is 13.3. The van der Waals surface area contributed by atoms with Gasteiger partial charge in [-0.2, -0.15) is 9.78 Å². The predicted octanol–water partition coefficient (Wildman–Crippen LogP) is 2.02. The summed E-state index contributed by atoms with van der Waals surface area (Å²) in [7, 11) is 0. The number of nitrogen functional groups attached to an aromatic ring is 1. The number of aromatic nitrogens is 5. The molecule has 0 radical (unpaired) electrons. The SMILES string of the molecule is Cc1nnn(-c2nonc2N)c1C(=O)N/N=C\c1ccc(OCc2ccccc2F)cc1. The Bertz CT molecular complexity index is 1270. The number of carbonyl (C=O) groups excluding carboxylic acids is 1. The Kier molecular flexibility index (Phi) is 5.83. The van der Waals surface area contributed by atoms with E-state index in [1.165, 1.54) is 12.3 Å². The second kappa shape index (κ2) is 9.04. The number of aryl methyl sites for hydroxylation is 1. The van der Waals surface area contributed by atoms with E-state index in [1.54, 1.807) is 49.4 Å². The number of nitrogens with zero attached hydrogens (tertiary/aromatic N) is 6. The van der Waals surface area contributed by atoms with E-state index in [0.29, 0.717) is 22.6 Å². The number of amides is 1. The third-order valence-electron chi connectivity index (χ3n) is 4.36. The number of nitrogens with two attached hydrogens (primary N) is 1. The van der Waals surface area contributed by atoms with Crippen molar-refractivity contribution in [2.24, 2.45) is 5.10 Å². The van der Waals surface area contributed by atoms with E-state index in [-0.39, 0.29) is 29.8 Å². The van der Waals surface area contributed by atoms with Gasteiger partial charge in [0.1, 0.15) is 18.2 Å². The third kappa shape index (κ3) is 4.43. The molecule has 0 saturated heterocycles. The number of ether oxygens (including phenoxy) is 1. The second-order valence-electron chi connectivity index (χ2n) is 6.56. The summed E-state index contributed by atoms with van der Waals surface area (Å²) < 4.78 is 24.9. The van der Waals surface area contributed by atoms with Gasteiger partial charge in [0, 0.05) is 5.56 Å². The van der Waals surface area contributed by atoms with E-state index in [1.807, 2.05) is 0 Å². The van der Waals surface area contributed by atoms with Gasteiger partial charge in [0.25, 0.3) is 5.91 Å². The minimum atomic E-state index is -0.573. The average Bonchev–Trinajstić information content (AvgIpc) is 3.39. The molecule has 0 aliphatic rings. The Labute approximate surface area is 180 Å². The van der Waals surface area contributed by atoms with Crippen LogP contribution in [-0.2, 0) is 6.61 Å². The molecule has 12 heteroatoms. The molecule has 32 heavy (non-hydrogen) atoms. The lowest BCUT2D eigenvalue weighted by molar-refractivity contribution is 0.0946. The summed E-state index contributed by atoms with van der Waals surface area (Å²) in [5.74, 6) is -0.313. The van der Waals surface area contributed by atoms with Crippen molar-refractivity contribution >= 4 is 17.9 Å². The summed E-state index contributed by atoms with van der Waals surface area (Å²) in [5, 5.41) is 18.7. The Hall–Kier alpha value is -4.61. The van der Waals surface area contributed by atoms with Gasteiger partial charge in [0.15, 0.2) is 5.69 Å². The maximum absolute atomic E-state index is 13.7. The third-order valence-corrected chi connectivity index (χ3v) is 4.36. The molecule has 4 aromatic rings. The summed E-state index contributed by atoms with van der Waals surface area (Å²) in [6.07, 6.45) is 1.45. The van der Waals surface area contributed by atoms with Crippen molar-refractivity contribution in [3.63, 3.8) is 0 Å². The average molecular weight is 436 g/mol. The highest BCUT2D eigenvalue weighted by Crippen LogP contribution is 2.16. The zero-order chi connectivity index (χ0) is 22.5. The molecule has 0 fully saturated rings. The van der Waals surface area contributed by atoms with Crippen LogP contribution in [0.25, 0.3) is 5.82 Å². The molecule has 0 atom stereocenters. The van der Waals surface area contributed by atoms with E-state index in [2.05, 4.69) is 35.8 Å². The Morgan fingerprint density at radius 1 is 1.25 bits per heavy atom.